The number of amides is 3. The van der Waals surface area contributed by atoms with Gasteiger partial charge in [0.05, 0.1) is 6.61 Å². The highest BCUT2D eigenvalue weighted by Gasteiger charge is 2.19. The van der Waals surface area contributed by atoms with Crippen molar-refractivity contribution in [1.82, 2.24) is 5.32 Å². The molecule has 0 fully saturated rings. The number of nitrogens with zero attached hydrogens (tertiary/aromatic N) is 1. The molecule has 0 radical (unpaired) electrons. The lowest BCUT2D eigenvalue weighted by Crippen LogP contribution is -2.41. The van der Waals surface area contributed by atoms with Crippen LogP contribution < -0.4 is 15.5 Å². The molecule has 0 heterocycles. The van der Waals surface area contributed by atoms with E-state index < -0.39 is 12.1 Å². The maximum absolute atomic E-state index is 12.5. The third kappa shape index (κ3) is 6.57. The van der Waals surface area contributed by atoms with E-state index in [2.05, 4.69) is 31.4 Å². The van der Waals surface area contributed by atoms with Gasteiger partial charge in [0.25, 0.3) is 5.91 Å². The van der Waals surface area contributed by atoms with Crippen LogP contribution in [-0.2, 0) is 14.9 Å². The summed E-state index contributed by atoms with van der Waals surface area (Å²) < 4.78 is 4.96. The fraction of sp³-hybridized carbons (Fsp3) is 0.375. The molecule has 0 aliphatic carbocycles. The van der Waals surface area contributed by atoms with Crippen molar-refractivity contribution >= 4 is 29.3 Å². The van der Waals surface area contributed by atoms with E-state index in [1.54, 1.807) is 57.3 Å². The average Bonchev–Trinajstić information content (AvgIpc) is 2.73. The van der Waals surface area contributed by atoms with Crippen molar-refractivity contribution in [3.63, 3.8) is 0 Å². The van der Waals surface area contributed by atoms with Crippen LogP contribution in [0.2, 0.25) is 0 Å². The number of carbonyl (C=O) groups is 3. The third-order valence-corrected chi connectivity index (χ3v) is 4.82. The monoisotopic (exact) mass is 425 g/mol. The fourth-order valence-electron chi connectivity index (χ4n) is 2.81. The molecule has 0 aliphatic heterocycles. The van der Waals surface area contributed by atoms with E-state index in [4.69, 9.17) is 4.74 Å². The quantitative estimate of drug-likeness (QED) is 0.721. The highest BCUT2D eigenvalue weighted by atomic mass is 16.6. The van der Waals surface area contributed by atoms with Gasteiger partial charge in [0.2, 0.25) is 5.91 Å². The Morgan fingerprint density at radius 1 is 1.00 bits per heavy atom. The topological polar surface area (TPSA) is 87.7 Å². The largest absolute Gasteiger partial charge is 0.449 e. The zero-order valence-electron chi connectivity index (χ0n) is 19.0. The fourth-order valence-corrected chi connectivity index (χ4v) is 2.81. The summed E-state index contributed by atoms with van der Waals surface area (Å²) in [5.74, 6) is -0.652. The van der Waals surface area contributed by atoms with E-state index in [9.17, 15) is 14.4 Å². The second-order valence-electron chi connectivity index (χ2n) is 8.32. The molecule has 2 rings (SSSR count). The summed E-state index contributed by atoms with van der Waals surface area (Å²) in [4.78, 5) is 38.1. The van der Waals surface area contributed by atoms with Crippen LogP contribution in [-0.4, -0.2) is 37.6 Å². The molecule has 7 heteroatoms. The van der Waals surface area contributed by atoms with Crippen molar-refractivity contribution in [2.45, 2.75) is 46.1 Å². The highest BCUT2D eigenvalue weighted by molar-refractivity contribution is 6.01. The van der Waals surface area contributed by atoms with Gasteiger partial charge in [0.1, 0.15) is 6.04 Å². The third-order valence-electron chi connectivity index (χ3n) is 4.82. The van der Waals surface area contributed by atoms with Crippen LogP contribution in [0.1, 0.15) is 50.5 Å². The molecule has 0 saturated carbocycles. The molecule has 0 spiro atoms. The second-order valence-corrected chi connectivity index (χ2v) is 8.32. The number of rotatable bonds is 6. The zero-order valence-corrected chi connectivity index (χ0v) is 19.0. The van der Waals surface area contributed by atoms with Crippen LogP contribution in [0.3, 0.4) is 0 Å². The molecule has 2 aromatic rings. The first kappa shape index (κ1) is 23.9. The second kappa shape index (κ2) is 10.1. The van der Waals surface area contributed by atoms with Crippen molar-refractivity contribution in [3.8, 4) is 0 Å². The van der Waals surface area contributed by atoms with E-state index in [-0.39, 0.29) is 17.2 Å². The van der Waals surface area contributed by atoms with E-state index in [0.717, 1.165) is 5.56 Å². The zero-order chi connectivity index (χ0) is 23.2. The predicted molar refractivity (Wildman–Crippen MR) is 123 cm³/mol. The first-order valence-electron chi connectivity index (χ1n) is 10.3. The molecule has 2 aromatic carbocycles. The molecule has 0 saturated heterocycles. The number of hydrogen-bond donors (Lipinski definition) is 2. The molecular formula is C24H31N3O4. The molecule has 0 aromatic heterocycles. The van der Waals surface area contributed by atoms with Gasteiger partial charge in [-0.2, -0.15) is 0 Å². The number of carbonyl (C=O) groups excluding carboxylic acids is 3. The highest BCUT2D eigenvalue weighted by Crippen LogP contribution is 2.22. The van der Waals surface area contributed by atoms with Gasteiger partial charge in [-0.05, 0) is 61.2 Å². The number of hydrogen-bond acceptors (Lipinski definition) is 4. The minimum Gasteiger partial charge on any atom is -0.449 e. The van der Waals surface area contributed by atoms with Gasteiger partial charge in [-0.25, -0.2) is 4.79 Å². The van der Waals surface area contributed by atoms with Crippen LogP contribution in [0.5, 0.6) is 0 Å². The first-order chi connectivity index (χ1) is 14.5. The summed E-state index contributed by atoms with van der Waals surface area (Å²) in [5.41, 5.74) is 2.83. The summed E-state index contributed by atoms with van der Waals surface area (Å²) in [6.45, 7) is 9.98. The lowest BCUT2D eigenvalue weighted by molar-refractivity contribution is -0.117. The summed E-state index contributed by atoms with van der Waals surface area (Å²) in [7, 11) is 1.61. The van der Waals surface area contributed by atoms with Crippen molar-refractivity contribution < 1.29 is 19.1 Å². The van der Waals surface area contributed by atoms with Crippen LogP contribution in [0.4, 0.5) is 16.2 Å². The Balaban J connectivity index is 1.94. The molecule has 2 N–H and O–H groups in total. The minimum absolute atomic E-state index is 0.00283. The Bertz CT molecular complexity index is 915. The lowest BCUT2D eigenvalue weighted by Gasteiger charge is -2.19. The van der Waals surface area contributed by atoms with Crippen molar-refractivity contribution in [1.29, 1.82) is 0 Å². The van der Waals surface area contributed by atoms with Crippen LogP contribution in [0.25, 0.3) is 0 Å². The maximum Gasteiger partial charge on any atom is 0.413 e. The molecule has 1 atom stereocenters. The van der Waals surface area contributed by atoms with Crippen LogP contribution in [0.15, 0.2) is 48.5 Å². The molecule has 31 heavy (non-hydrogen) atoms. The Morgan fingerprint density at radius 2 is 1.58 bits per heavy atom. The van der Waals surface area contributed by atoms with Crippen molar-refractivity contribution in [2.75, 3.05) is 23.9 Å². The molecule has 166 valence electrons. The molecule has 7 nitrogen and oxygen atoms in total. The lowest BCUT2D eigenvalue weighted by atomic mass is 9.86. The van der Waals surface area contributed by atoms with Gasteiger partial charge in [0, 0.05) is 24.0 Å². The summed E-state index contributed by atoms with van der Waals surface area (Å²) >= 11 is 0. The maximum atomic E-state index is 12.5. The average molecular weight is 426 g/mol. The number of anilines is 2. The minimum atomic E-state index is -0.725. The van der Waals surface area contributed by atoms with E-state index in [1.165, 1.54) is 4.90 Å². The Kier molecular flexibility index (Phi) is 7.80. The summed E-state index contributed by atoms with van der Waals surface area (Å²) in [5, 5.41) is 5.47. The SMILES string of the molecule is CCOC(=O)N(C)c1ccc(NC(=O)C(C)NC(=O)c2ccc(C(C)(C)C)cc2)cc1. The van der Waals surface area contributed by atoms with E-state index in [1.807, 2.05) is 12.1 Å². The van der Waals surface area contributed by atoms with Gasteiger partial charge in [-0.15, -0.1) is 0 Å². The van der Waals surface area contributed by atoms with Gasteiger partial charge in [-0.1, -0.05) is 32.9 Å². The number of nitrogens with one attached hydrogen (secondary N) is 2. The first-order valence-corrected chi connectivity index (χ1v) is 10.3. The van der Waals surface area contributed by atoms with Crippen molar-refractivity contribution in [3.05, 3.63) is 59.7 Å². The molecular weight excluding hydrogens is 394 g/mol. The van der Waals surface area contributed by atoms with Gasteiger partial charge in [0.15, 0.2) is 0 Å². The Hall–Kier alpha value is -3.35. The van der Waals surface area contributed by atoms with Gasteiger partial charge < -0.3 is 15.4 Å². The van der Waals surface area contributed by atoms with E-state index in [0.29, 0.717) is 23.5 Å². The molecule has 0 bridgehead atoms. The Labute approximate surface area is 183 Å². The Morgan fingerprint density at radius 3 is 2.10 bits per heavy atom. The summed E-state index contributed by atoms with van der Waals surface area (Å²) in [6.07, 6.45) is -0.453. The van der Waals surface area contributed by atoms with Crippen LogP contribution in [0, 0.1) is 0 Å². The van der Waals surface area contributed by atoms with Gasteiger partial charge in [-0.3, -0.25) is 14.5 Å². The van der Waals surface area contributed by atoms with Gasteiger partial charge >= 0.3 is 6.09 Å². The smallest absolute Gasteiger partial charge is 0.413 e. The summed E-state index contributed by atoms with van der Waals surface area (Å²) in [6, 6.07) is 13.4. The van der Waals surface area contributed by atoms with E-state index >= 15 is 0 Å². The molecule has 3 amide bonds. The predicted octanol–water partition coefficient (Wildman–Crippen LogP) is 4.33. The van der Waals surface area contributed by atoms with Crippen LogP contribution >= 0.6 is 0 Å². The molecule has 0 aliphatic rings. The number of benzene rings is 2. The number of ether oxygens (including phenoxy) is 1. The normalized spacial score (nSPS) is 11.9. The van der Waals surface area contributed by atoms with Crippen molar-refractivity contribution in [2.24, 2.45) is 0 Å². The molecule has 1 unspecified atom stereocenters. The standard InChI is InChI=1S/C24H31N3O4/c1-7-31-23(30)27(6)20-14-12-19(13-15-20)26-21(28)16(2)25-22(29)17-8-10-18(11-9-17)24(3,4)5/h8-16H,7H2,1-6H3,(H,25,29)(H,26,28).